The van der Waals surface area contributed by atoms with Crippen LogP contribution in [0.2, 0.25) is 0 Å². The van der Waals surface area contributed by atoms with Crippen molar-refractivity contribution < 1.29 is 9.53 Å². The van der Waals surface area contributed by atoms with E-state index in [-0.39, 0.29) is 11.9 Å². The lowest BCUT2D eigenvalue weighted by Gasteiger charge is -2.19. The van der Waals surface area contributed by atoms with Crippen LogP contribution in [0.3, 0.4) is 0 Å². The average molecular weight is 311 g/mol. The first-order valence-corrected chi connectivity index (χ1v) is 7.97. The molecule has 1 amide bonds. The van der Waals surface area contributed by atoms with Crippen molar-refractivity contribution in [3.05, 3.63) is 64.7 Å². The summed E-state index contributed by atoms with van der Waals surface area (Å²) in [7, 11) is 0. The Kier molecular flexibility index (Phi) is 5.43. The normalized spacial score (nSPS) is 13.3. The molecule has 122 valence electrons. The highest BCUT2D eigenvalue weighted by Gasteiger charge is 2.17. The largest absolute Gasteiger partial charge is 0.481 e. The standard InChI is InChI=1S/C20H25NO2/c1-13-6-9-18(10-7-13)16(4)21-20(22)17(5)23-19-11-8-14(2)15(3)12-19/h6-12,16-17H,1-5H3,(H,21,22)/t16-,17+/m1/s1. The van der Waals surface area contributed by atoms with Crippen molar-refractivity contribution in [2.75, 3.05) is 0 Å². The molecule has 1 N–H and O–H groups in total. The fourth-order valence-corrected chi connectivity index (χ4v) is 2.31. The molecule has 0 spiro atoms. The Balaban J connectivity index is 1.96. The summed E-state index contributed by atoms with van der Waals surface area (Å²) in [6, 6.07) is 14.0. The SMILES string of the molecule is Cc1ccc([C@@H](C)NC(=O)[C@H](C)Oc2ccc(C)c(C)c2)cc1. The average Bonchev–Trinajstić information content (AvgIpc) is 2.51. The van der Waals surface area contributed by atoms with Crippen LogP contribution in [0.5, 0.6) is 5.75 Å². The lowest BCUT2D eigenvalue weighted by molar-refractivity contribution is -0.127. The Morgan fingerprint density at radius 2 is 1.61 bits per heavy atom. The van der Waals surface area contributed by atoms with Crippen molar-refractivity contribution in [3.63, 3.8) is 0 Å². The number of hydrogen-bond donors (Lipinski definition) is 1. The van der Waals surface area contributed by atoms with Gasteiger partial charge < -0.3 is 10.1 Å². The van der Waals surface area contributed by atoms with Gasteiger partial charge in [-0.15, -0.1) is 0 Å². The molecule has 0 aliphatic carbocycles. The number of benzene rings is 2. The molecule has 3 nitrogen and oxygen atoms in total. The molecule has 0 unspecified atom stereocenters. The third-order valence-corrected chi connectivity index (χ3v) is 4.10. The monoisotopic (exact) mass is 311 g/mol. The Morgan fingerprint density at radius 1 is 0.957 bits per heavy atom. The number of rotatable bonds is 5. The van der Waals surface area contributed by atoms with Crippen LogP contribution >= 0.6 is 0 Å². The zero-order valence-electron chi connectivity index (χ0n) is 14.5. The summed E-state index contributed by atoms with van der Waals surface area (Å²) < 4.78 is 5.76. The van der Waals surface area contributed by atoms with Crippen LogP contribution in [0.15, 0.2) is 42.5 Å². The molecular formula is C20H25NO2. The Morgan fingerprint density at radius 3 is 2.22 bits per heavy atom. The van der Waals surface area contributed by atoms with Gasteiger partial charge in [-0.2, -0.15) is 0 Å². The van der Waals surface area contributed by atoms with E-state index in [4.69, 9.17) is 4.74 Å². The number of carbonyl (C=O) groups excluding carboxylic acids is 1. The number of ether oxygens (including phenoxy) is 1. The smallest absolute Gasteiger partial charge is 0.261 e. The fourth-order valence-electron chi connectivity index (χ4n) is 2.31. The maximum atomic E-state index is 12.3. The van der Waals surface area contributed by atoms with Gasteiger partial charge in [-0.05, 0) is 63.4 Å². The van der Waals surface area contributed by atoms with Crippen molar-refractivity contribution in [2.24, 2.45) is 0 Å². The third-order valence-electron chi connectivity index (χ3n) is 4.10. The highest BCUT2D eigenvalue weighted by Crippen LogP contribution is 2.18. The van der Waals surface area contributed by atoms with E-state index in [0.717, 1.165) is 16.9 Å². The van der Waals surface area contributed by atoms with Gasteiger partial charge in [-0.25, -0.2) is 0 Å². The van der Waals surface area contributed by atoms with E-state index < -0.39 is 6.10 Å². The molecule has 0 bridgehead atoms. The van der Waals surface area contributed by atoms with Gasteiger partial charge in [0.25, 0.3) is 5.91 Å². The van der Waals surface area contributed by atoms with Gasteiger partial charge in [0.1, 0.15) is 5.75 Å². The molecule has 0 aliphatic heterocycles. The van der Waals surface area contributed by atoms with Gasteiger partial charge in [0.15, 0.2) is 6.10 Å². The fraction of sp³-hybridized carbons (Fsp3) is 0.350. The van der Waals surface area contributed by atoms with Crippen molar-refractivity contribution in [1.82, 2.24) is 5.32 Å². The first kappa shape index (κ1) is 17.1. The molecule has 0 saturated carbocycles. The second-order valence-corrected chi connectivity index (χ2v) is 6.15. The number of amides is 1. The van der Waals surface area contributed by atoms with Gasteiger partial charge in [0, 0.05) is 0 Å². The highest BCUT2D eigenvalue weighted by atomic mass is 16.5. The first-order valence-electron chi connectivity index (χ1n) is 7.97. The molecule has 0 saturated heterocycles. The van der Waals surface area contributed by atoms with Crippen LogP contribution < -0.4 is 10.1 Å². The molecule has 3 heteroatoms. The van der Waals surface area contributed by atoms with Crippen LogP contribution in [-0.2, 0) is 4.79 Å². The molecule has 0 radical (unpaired) electrons. The maximum Gasteiger partial charge on any atom is 0.261 e. The molecule has 2 rings (SSSR count). The Hall–Kier alpha value is -2.29. The van der Waals surface area contributed by atoms with E-state index in [1.54, 1.807) is 6.92 Å². The van der Waals surface area contributed by atoms with Crippen LogP contribution in [-0.4, -0.2) is 12.0 Å². The Labute approximate surface area is 138 Å². The highest BCUT2D eigenvalue weighted by molar-refractivity contribution is 5.81. The molecule has 0 aromatic heterocycles. The van der Waals surface area contributed by atoms with E-state index in [1.165, 1.54) is 11.1 Å². The summed E-state index contributed by atoms with van der Waals surface area (Å²) in [4.78, 5) is 12.3. The van der Waals surface area contributed by atoms with Crippen molar-refractivity contribution >= 4 is 5.91 Å². The predicted octanol–water partition coefficient (Wildman–Crippen LogP) is 4.26. The zero-order valence-corrected chi connectivity index (χ0v) is 14.5. The number of hydrogen-bond acceptors (Lipinski definition) is 2. The van der Waals surface area contributed by atoms with E-state index in [1.807, 2.05) is 63.2 Å². The molecule has 23 heavy (non-hydrogen) atoms. The Bertz CT molecular complexity index is 677. The summed E-state index contributed by atoms with van der Waals surface area (Å²) in [6.07, 6.45) is -0.537. The summed E-state index contributed by atoms with van der Waals surface area (Å²) in [6.45, 7) is 9.88. The quantitative estimate of drug-likeness (QED) is 0.896. The summed E-state index contributed by atoms with van der Waals surface area (Å²) in [5, 5.41) is 3.00. The maximum absolute atomic E-state index is 12.3. The molecule has 0 fully saturated rings. The minimum atomic E-state index is -0.537. The van der Waals surface area contributed by atoms with E-state index >= 15 is 0 Å². The van der Waals surface area contributed by atoms with E-state index in [9.17, 15) is 4.79 Å². The summed E-state index contributed by atoms with van der Waals surface area (Å²) in [5.41, 5.74) is 4.66. The van der Waals surface area contributed by atoms with E-state index in [2.05, 4.69) is 12.2 Å². The second-order valence-electron chi connectivity index (χ2n) is 6.15. The molecule has 0 heterocycles. The number of carbonyl (C=O) groups is 1. The van der Waals surface area contributed by atoms with Crippen LogP contribution in [0.25, 0.3) is 0 Å². The summed E-state index contributed by atoms with van der Waals surface area (Å²) in [5.74, 6) is 0.607. The van der Waals surface area contributed by atoms with Crippen molar-refractivity contribution in [2.45, 2.75) is 46.8 Å². The minimum absolute atomic E-state index is 0.0473. The summed E-state index contributed by atoms with van der Waals surface area (Å²) >= 11 is 0. The zero-order chi connectivity index (χ0) is 17.0. The number of nitrogens with one attached hydrogen (secondary N) is 1. The molecular weight excluding hydrogens is 286 g/mol. The molecule has 0 aliphatic rings. The first-order chi connectivity index (χ1) is 10.9. The van der Waals surface area contributed by atoms with Gasteiger partial charge in [0.2, 0.25) is 0 Å². The van der Waals surface area contributed by atoms with Crippen molar-refractivity contribution in [1.29, 1.82) is 0 Å². The van der Waals surface area contributed by atoms with Crippen LogP contribution in [0.1, 0.15) is 42.1 Å². The molecule has 2 aromatic carbocycles. The van der Waals surface area contributed by atoms with Crippen LogP contribution in [0, 0.1) is 20.8 Å². The van der Waals surface area contributed by atoms with Crippen LogP contribution in [0.4, 0.5) is 0 Å². The topological polar surface area (TPSA) is 38.3 Å². The van der Waals surface area contributed by atoms with Gasteiger partial charge in [-0.3, -0.25) is 4.79 Å². The van der Waals surface area contributed by atoms with Gasteiger partial charge in [0.05, 0.1) is 6.04 Å². The molecule has 2 atom stereocenters. The van der Waals surface area contributed by atoms with E-state index in [0.29, 0.717) is 0 Å². The molecule has 2 aromatic rings. The van der Waals surface area contributed by atoms with Gasteiger partial charge in [-0.1, -0.05) is 35.9 Å². The third kappa shape index (κ3) is 4.59. The van der Waals surface area contributed by atoms with Crippen molar-refractivity contribution in [3.8, 4) is 5.75 Å². The van der Waals surface area contributed by atoms with Gasteiger partial charge >= 0.3 is 0 Å². The minimum Gasteiger partial charge on any atom is -0.481 e. The predicted molar refractivity (Wildman–Crippen MR) is 93.7 cm³/mol. The lowest BCUT2D eigenvalue weighted by Crippen LogP contribution is -2.37. The number of aryl methyl sites for hydroxylation is 3. The second kappa shape index (κ2) is 7.32. The lowest BCUT2D eigenvalue weighted by atomic mass is 10.1.